The standard InChI is InChI=1S/C14H15BrS/c1-10-4-3-5-12(8-10)9-13(15)14-7-6-11(2)16-14/h3-8,13H,9H2,1-2H3. The molecule has 0 bridgehead atoms. The SMILES string of the molecule is Cc1cccc(CC(Br)c2ccc(C)s2)c1. The molecule has 1 heterocycles. The highest BCUT2D eigenvalue weighted by molar-refractivity contribution is 9.09. The summed E-state index contributed by atoms with van der Waals surface area (Å²) in [6.45, 7) is 4.29. The van der Waals surface area contributed by atoms with Crippen LogP contribution in [0.1, 0.15) is 25.7 Å². The number of hydrogen-bond acceptors (Lipinski definition) is 1. The third-order valence-corrected chi connectivity index (χ3v) is 4.80. The predicted octanol–water partition coefficient (Wildman–Crippen LogP) is 5.04. The Kier molecular flexibility index (Phi) is 3.82. The Morgan fingerprint density at radius 3 is 2.62 bits per heavy atom. The lowest BCUT2D eigenvalue weighted by Crippen LogP contribution is -1.93. The molecule has 2 heteroatoms. The zero-order valence-electron chi connectivity index (χ0n) is 9.53. The summed E-state index contributed by atoms with van der Waals surface area (Å²) in [5, 5.41) is 0. The van der Waals surface area contributed by atoms with Gasteiger partial charge in [0.15, 0.2) is 0 Å². The normalized spacial score (nSPS) is 12.7. The number of aryl methyl sites for hydroxylation is 2. The summed E-state index contributed by atoms with van der Waals surface area (Å²) in [5.41, 5.74) is 2.73. The van der Waals surface area contributed by atoms with Crippen molar-refractivity contribution in [3.05, 3.63) is 57.3 Å². The van der Waals surface area contributed by atoms with Crippen molar-refractivity contribution in [2.75, 3.05) is 0 Å². The molecule has 16 heavy (non-hydrogen) atoms. The molecular formula is C14H15BrS. The molecule has 0 nitrogen and oxygen atoms in total. The van der Waals surface area contributed by atoms with Crippen LogP contribution in [0.4, 0.5) is 0 Å². The molecule has 2 rings (SSSR count). The van der Waals surface area contributed by atoms with Gasteiger partial charge in [0.1, 0.15) is 0 Å². The maximum absolute atomic E-state index is 3.77. The second kappa shape index (κ2) is 5.15. The van der Waals surface area contributed by atoms with Gasteiger partial charge in [0.2, 0.25) is 0 Å². The summed E-state index contributed by atoms with van der Waals surface area (Å²) in [7, 11) is 0. The molecule has 0 spiro atoms. The van der Waals surface area contributed by atoms with Crippen LogP contribution in [-0.4, -0.2) is 0 Å². The molecule has 1 atom stereocenters. The van der Waals surface area contributed by atoms with Gasteiger partial charge in [-0.3, -0.25) is 0 Å². The first-order valence-corrected chi connectivity index (χ1v) is 7.14. The van der Waals surface area contributed by atoms with Crippen molar-refractivity contribution in [2.45, 2.75) is 25.1 Å². The Bertz CT molecular complexity index is 473. The van der Waals surface area contributed by atoms with Gasteiger partial charge >= 0.3 is 0 Å². The van der Waals surface area contributed by atoms with E-state index in [1.54, 1.807) is 0 Å². The summed E-state index contributed by atoms with van der Waals surface area (Å²) < 4.78 is 0. The monoisotopic (exact) mass is 294 g/mol. The van der Waals surface area contributed by atoms with Crippen LogP contribution in [0.25, 0.3) is 0 Å². The highest BCUT2D eigenvalue weighted by atomic mass is 79.9. The zero-order valence-corrected chi connectivity index (χ0v) is 11.9. The minimum absolute atomic E-state index is 0.438. The smallest absolute Gasteiger partial charge is 0.0529 e. The fourth-order valence-corrected chi connectivity index (χ4v) is 3.43. The Hall–Kier alpha value is -0.600. The third kappa shape index (κ3) is 2.96. The summed E-state index contributed by atoms with van der Waals surface area (Å²) >= 11 is 5.64. The van der Waals surface area contributed by atoms with E-state index in [0.717, 1.165) is 6.42 Å². The molecule has 1 unspecified atom stereocenters. The van der Waals surface area contributed by atoms with Gasteiger partial charge in [0, 0.05) is 9.75 Å². The van der Waals surface area contributed by atoms with Gasteiger partial charge < -0.3 is 0 Å². The lowest BCUT2D eigenvalue weighted by Gasteiger charge is -2.08. The second-order valence-corrected chi connectivity index (χ2v) is 6.53. The molecule has 0 saturated heterocycles. The van der Waals surface area contributed by atoms with E-state index in [-0.39, 0.29) is 0 Å². The van der Waals surface area contributed by atoms with Crippen molar-refractivity contribution in [1.82, 2.24) is 0 Å². The van der Waals surface area contributed by atoms with Gasteiger partial charge in [0.25, 0.3) is 0 Å². The van der Waals surface area contributed by atoms with Gasteiger partial charge in [-0.1, -0.05) is 45.8 Å². The number of benzene rings is 1. The second-order valence-electron chi connectivity index (χ2n) is 4.11. The maximum atomic E-state index is 3.77. The first kappa shape index (κ1) is 11.9. The zero-order chi connectivity index (χ0) is 11.5. The van der Waals surface area contributed by atoms with E-state index in [1.807, 2.05) is 11.3 Å². The molecular weight excluding hydrogens is 280 g/mol. The molecule has 0 fully saturated rings. The van der Waals surface area contributed by atoms with Crippen LogP contribution in [0.3, 0.4) is 0 Å². The molecule has 0 radical (unpaired) electrons. The van der Waals surface area contributed by atoms with Crippen molar-refractivity contribution >= 4 is 27.3 Å². The predicted molar refractivity (Wildman–Crippen MR) is 75.6 cm³/mol. The minimum Gasteiger partial charge on any atom is -0.145 e. The summed E-state index contributed by atoms with van der Waals surface area (Å²) in [6.07, 6.45) is 1.06. The van der Waals surface area contributed by atoms with Gasteiger partial charge in [0.05, 0.1) is 4.83 Å². The van der Waals surface area contributed by atoms with Crippen molar-refractivity contribution in [2.24, 2.45) is 0 Å². The van der Waals surface area contributed by atoms with E-state index in [9.17, 15) is 0 Å². The molecule has 1 aromatic heterocycles. The number of hydrogen-bond donors (Lipinski definition) is 0. The van der Waals surface area contributed by atoms with Crippen LogP contribution in [0.2, 0.25) is 0 Å². The fraction of sp³-hybridized carbons (Fsp3) is 0.286. The molecule has 0 aliphatic carbocycles. The number of rotatable bonds is 3. The molecule has 1 aromatic carbocycles. The molecule has 0 aliphatic heterocycles. The summed E-state index contributed by atoms with van der Waals surface area (Å²) in [6, 6.07) is 13.1. The first-order valence-electron chi connectivity index (χ1n) is 5.41. The molecule has 0 saturated carbocycles. The van der Waals surface area contributed by atoms with Gasteiger partial charge in [-0.05, 0) is 38.0 Å². The third-order valence-electron chi connectivity index (χ3n) is 2.57. The van der Waals surface area contributed by atoms with E-state index in [2.05, 4.69) is 66.2 Å². The Morgan fingerprint density at radius 1 is 1.19 bits per heavy atom. The average molecular weight is 295 g/mol. The molecule has 0 N–H and O–H groups in total. The van der Waals surface area contributed by atoms with Gasteiger partial charge in [-0.2, -0.15) is 0 Å². The largest absolute Gasteiger partial charge is 0.145 e. The van der Waals surface area contributed by atoms with Crippen molar-refractivity contribution in [3.63, 3.8) is 0 Å². The summed E-state index contributed by atoms with van der Waals surface area (Å²) in [5.74, 6) is 0. The average Bonchev–Trinajstić information content (AvgIpc) is 2.65. The maximum Gasteiger partial charge on any atom is 0.0529 e. The lowest BCUT2D eigenvalue weighted by atomic mass is 10.1. The number of thiophene rings is 1. The minimum atomic E-state index is 0.438. The first-order chi connectivity index (χ1) is 7.65. The molecule has 0 amide bonds. The van der Waals surface area contributed by atoms with E-state index in [1.165, 1.54) is 20.9 Å². The Balaban J connectivity index is 2.10. The van der Waals surface area contributed by atoms with Crippen LogP contribution in [0.15, 0.2) is 36.4 Å². The van der Waals surface area contributed by atoms with E-state index < -0.39 is 0 Å². The topological polar surface area (TPSA) is 0 Å². The fourth-order valence-electron chi connectivity index (χ4n) is 1.77. The van der Waals surface area contributed by atoms with Crippen molar-refractivity contribution in [1.29, 1.82) is 0 Å². The Labute approximate surface area is 109 Å². The molecule has 0 aliphatic rings. The van der Waals surface area contributed by atoms with Crippen LogP contribution in [0.5, 0.6) is 0 Å². The van der Waals surface area contributed by atoms with Crippen molar-refractivity contribution in [3.8, 4) is 0 Å². The van der Waals surface area contributed by atoms with Gasteiger partial charge in [-0.25, -0.2) is 0 Å². The summed E-state index contributed by atoms with van der Waals surface area (Å²) in [4.78, 5) is 3.23. The van der Waals surface area contributed by atoms with Crippen LogP contribution >= 0.6 is 27.3 Å². The van der Waals surface area contributed by atoms with E-state index in [0.29, 0.717) is 4.83 Å². The highest BCUT2D eigenvalue weighted by Crippen LogP contribution is 2.32. The molecule has 84 valence electrons. The number of halogens is 1. The van der Waals surface area contributed by atoms with E-state index in [4.69, 9.17) is 0 Å². The highest BCUT2D eigenvalue weighted by Gasteiger charge is 2.10. The quantitative estimate of drug-likeness (QED) is 0.696. The Morgan fingerprint density at radius 2 is 2.00 bits per heavy atom. The van der Waals surface area contributed by atoms with E-state index >= 15 is 0 Å². The van der Waals surface area contributed by atoms with Gasteiger partial charge in [-0.15, -0.1) is 11.3 Å². The van der Waals surface area contributed by atoms with Crippen LogP contribution < -0.4 is 0 Å². The molecule has 2 aromatic rings. The van der Waals surface area contributed by atoms with Crippen LogP contribution in [-0.2, 0) is 6.42 Å². The van der Waals surface area contributed by atoms with Crippen molar-refractivity contribution < 1.29 is 0 Å². The number of alkyl halides is 1. The van der Waals surface area contributed by atoms with Crippen LogP contribution in [0, 0.1) is 13.8 Å². The lowest BCUT2D eigenvalue weighted by molar-refractivity contribution is 0.967.